The van der Waals surface area contributed by atoms with Crippen LogP contribution in [0.2, 0.25) is 5.02 Å². The van der Waals surface area contributed by atoms with Crippen molar-refractivity contribution in [1.29, 1.82) is 0 Å². The van der Waals surface area contributed by atoms with E-state index in [1.54, 1.807) is 38.1 Å². The quantitative estimate of drug-likeness (QED) is 0.868. The molecule has 0 atom stereocenters. The largest absolute Gasteiger partial charge is 0.389 e. The van der Waals surface area contributed by atoms with Crippen molar-refractivity contribution in [2.45, 2.75) is 26.0 Å². The van der Waals surface area contributed by atoms with Crippen molar-refractivity contribution >= 4 is 21.8 Å². The lowest BCUT2D eigenvalue weighted by atomic mass is 10.1. The molecule has 0 aromatic heterocycles. The molecule has 0 aliphatic carbocycles. The first-order valence-corrected chi connectivity index (χ1v) is 7.94. The minimum atomic E-state index is -3.61. The van der Waals surface area contributed by atoms with Gasteiger partial charge in [-0.1, -0.05) is 23.7 Å². The fourth-order valence-corrected chi connectivity index (χ4v) is 3.19. The third-order valence-corrected chi connectivity index (χ3v) is 4.80. The van der Waals surface area contributed by atoms with Crippen LogP contribution in [0.15, 0.2) is 24.3 Å². The molecular weight excluding hydrogens is 300 g/mol. The first-order chi connectivity index (χ1) is 9.02. The predicted molar refractivity (Wildman–Crippen MR) is 80.8 cm³/mol. The molecule has 0 aliphatic heterocycles. The minimum absolute atomic E-state index is 0.0281. The molecule has 0 spiro atoms. The van der Waals surface area contributed by atoms with Crippen LogP contribution < -0.4 is 0 Å². The van der Waals surface area contributed by atoms with Gasteiger partial charge in [0, 0.05) is 32.2 Å². The highest BCUT2D eigenvalue weighted by atomic mass is 35.5. The summed E-state index contributed by atoms with van der Waals surface area (Å²) in [6, 6.07) is 7.00. The molecule has 0 saturated carbocycles. The molecule has 0 saturated heterocycles. The van der Waals surface area contributed by atoms with Crippen LogP contribution in [0.5, 0.6) is 0 Å². The molecule has 0 aliphatic rings. The van der Waals surface area contributed by atoms with Crippen LogP contribution in [-0.4, -0.2) is 48.4 Å². The Bertz CT molecular complexity index is 538. The minimum Gasteiger partial charge on any atom is -0.389 e. The highest BCUT2D eigenvalue weighted by molar-refractivity contribution is 7.86. The Balaban J connectivity index is 2.79. The van der Waals surface area contributed by atoms with Gasteiger partial charge in [0.15, 0.2) is 0 Å². The average Bonchev–Trinajstić information content (AvgIpc) is 2.29. The van der Waals surface area contributed by atoms with Crippen molar-refractivity contribution in [1.82, 2.24) is 8.61 Å². The van der Waals surface area contributed by atoms with E-state index in [0.29, 0.717) is 5.02 Å². The van der Waals surface area contributed by atoms with E-state index in [0.717, 1.165) is 9.87 Å². The summed E-state index contributed by atoms with van der Waals surface area (Å²) in [7, 11) is -0.652. The number of aliphatic hydroxyl groups is 1. The maximum atomic E-state index is 12.3. The van der Waals surface area contributed by atoms with E-state index in [2.05, 4.69) is 0 Å². The topological polar surface area (TPSA) is 60.9 Å². The molecule has 0 amide bonds. The van der Waals surface area contributed by atoms with Crippen LogP contribution in [0.1, 0.15) is 19.4 Å². The summed E-state index contributed by atoms with van der Waals surface area (Å²) >= 11 is 5.79. The Labute approximate surface area is 125 Å². The molecule has 20 heavy (non-hydrogen) atoms. The summed E-state index contributed by atoms with van der Waals surface area (Å²) in [6.45, 7) is 3.41. The molecule has 0 fully saturated rings. The van der Waals surface area contributed by atoms with Crippen molar-refractivity contribution in [2.24, 2.45) is 0 Å². The molecule has 5 nitrogen and oxygen atoms in total. The van der Waals surface area contributed by atoms with Crippen LogP contribution in [0.25, 0.3) is 0 Å². The van der Waals surface area contributed by atoms with E-state index < -0.39 is 15.8 Å². The number of rotatable bonds is 6. The van der Waals surface area contributed by atoms with Crippen LogP contribution in [0.4, 0.5) is 0 Å². The van der Waals surface area contributed by atoms with Gasteiger partial charge >= 0.3 is 0 Å². The Morgan fingerprint density at radius 3 is 2.10 bits per heavy atom. The normalized spacial score (nSPS) is 13.2. The molecule has 1 N–H and O–H groups in total. The number of hydrogen-bond donors (Lipinski definition) is 1. The van der Waals surface area contributed by atoms with E-state index in [1.807, 2.05) is 0 Å². The Hall–Kier alpha value is -0.660. The van der Waals surface area contributed by atoms with Crippen LogP contribution in [-0.2, 0) is 16.8 Å². The predicted octanol–water partition coefficient (Wildman–Crippen LogP) is 1.72. The van der Waals surface area contributed by atoms with Crippen molar-refractivity contribution in [3.63, 3.8) is 0 Å². The number of benzene rings is 1. The summed E-state index contributed by atoms with van der Waals surface area (Å²) in [6.07, 6.45) is 0. The lowest BCUT2D eigenvalue weighted by Crippen LogP contribution is -2.45. The Morgan fingerprint density at radius 1 is 1.15 bits per heavy atom. The third-order valence-electron chi connectivity index (χ3n) is 2.72. The second-order valence-corrected chi connectivity index (χ2v) is 8.04. The maximum absolute atomic E-state index is 12.3. The van der Waals surface area contributed by atoms with Gasteiger partial charge in [0.25, 0.3) is 10.2 Å². The van der Waals surface area contributed by atoms with Gasteiger partial charge in [-0.25, -0.2) is 0 Å². The molecule has 0 radical (unpaired) electrons. The first kappa shape index (κ1) is 17.4. The summed E-state index contributed by atoms with van der Waals surface area (Å²) in [4.78, 5) is 0. The van der Waals surface area contributed by atoms with Gasteiger partial charge in [-0.3, -0.25) is 0 Å². The van der Waals surface area contributed by atoms with Gasteiger partial charge in [-0.05, 0) is 31.5 Å². The number of nitrogens with zero attached hydrogens (tertiary/aromatic N) is 2. The summed E-state index contributed by atoms with van der Waals surface area (Å²) in [5, 5.41) is 10.3. The first-order valence-electron chi connectivity index (χ1n) is 6.17. The number of likely N-dealkylation sites (N-methyl/N-ethyl adjacent to an activating group) is 1. The second kappa shape index (κ2) is 6.41. The highest BCUT2D eigenvalue weighted by Crippen LogP contribution is 2.15. The highest BCUT2D eigenvalue weighted by Gasteiger charge is 2.28. The van der Waals surface area contributed by atoms with Crippen molar-refractivity contribution in [3.05, 3.63) is 34.9 Å². The molecule has 0 unspecified atom stereocenters. The Kier molecular flexibility index (Phi) is 5.57. The molecule has 7 heteroatoms. The maximum Gasteiger partial charge on any atom is 0.281 e. The summed E-state index contributed by atoms with van der Waals surface area (Å²) < 4.78 is 27.0. The monoisotopic (exact) mass is 320 g/mol. The van der Waals surface area contributed by atoms with Crippen LogP contribution in [0, 0.1) is 0 Å². The number of hydrogen-bond acceptors (Lipinski definition) is 3. The molecule has 1 aromatic rings. The zero-order valence-corrected chi connectivity index (χ0v) is 13.7. The van der Waals surface area contributed by atoms with E-state index in [-0.39, 0.29) is 13.1 Å². The Morgan fingerprint density at radius 2 is 1.65 bits per heavy atom. The molecule has 114 valence electrons. The zero-order chi connectivity index (χ0) is 15.6. The van der Waals surface area contributed by atoms with Gasteiger partial charge < -0.3 is 5.11 Å². The van der Waals surface area contributed by atoms with Crippen molar-refractivity contribution in [2.75, 3.05) is 20.6 Å². The van der Waals surface area contributed by atoms with Gasteiger partial charge in [0.2, 0.25) is 0 Å². The van der Waals surface area contributed by atoms with Gasteiger partial charge in [-0.2, -0.15) is 17.0 Å². The molecule has 0 bridgehead atoms. The summed E-state index contributed by atoms with van der Waals surface area (Å²) in [5.41, 5.74) is -0.236. The number of halogens is 1. The van der Waals surface area contributed by atoms with E-state index in [9.17, 15) is 13.5 Å². The van der Waals surface area contributed by atoms with Crippen LogP contribution >= 0.6 is 11.6 Å². The fraction of sp³-hybridized carbons (Fsp3) is 0.538. The van der Waals surface area contributed by atoms with Crippen molar-refractivity contribution in [3.8, 4) is 0 Å². The molecule has 1 aromatic carbocycles. The van der Waals surface area contributed by atoms with E-state index in [4.69, 9.17) is 11.6 Å². The van der Waals surface area contributed by atoms with Crippen LogP contribution in [0.3, 0.4) is 0 Å². The lowest BCUT2D eigenvalue weighted by molar-refractivity contribution is 0.0627. The van der Waals surface area contributed by atoms with E-state index in [1.165, 1.54) is 18.4 Å². The third kappa shape index (κ3) is 5.03. The smallest absolute Gasteiger partial charge is 0.281 e. The molecular formula is C13H21ClN2O3S. The average molecular weight is 321 g/mol. The second-order valence-electron chi connectivity index (χ2n) is 5.46. The van der Waals surface area contributed by atoms with Gasteiger partial charge in [0.1, 0.15) is 0 Å². The zero-order valence-electron chi connectivity index (χ0n) is 12.2. The van der Waals surface area contributed by atoms with Crippen molar-refractivity contribution < 1.29 is 13.5 Å². The SMILES string of the molecule is CN(Cc1ccc(Cl)cc1)S(=O)(=O)N(C)CC(C)(C)O. The van der Waals surface area contributed by atoms with Gasteiger partial charge in [-0.15, -0.1) is 0 Å². The van der Waals surface area contributed by atoms with E-state index >= 15 is 0 Å². The molecule has 0 heterocycles. The standard InChI is InChI=1S/C13H21ClN2O3S/c1-13(2,17)10-16(4)20(18,19)15(3)9-11-5-7-12(14)8-6-11/h5-8,17H,9-10H2,1-4H3. The summed E-state index contributed by atoms with van der Waals surface area (Å²) in [5.74, 6) is 0. The fourth-order valence-electron chi connectivity index (χ4n) is 1.79. The molecule has 1 rings (SSSR count). The van der Waals surface area contributed by atoms with Gasteiger partial charge in [0.05, 0.1) is 5.60 Å². The lowest BCUT2D eigenvalue weighted by Gasteiger charge is -2.28.